The summed E-state index contributed by atoms with van der Waals surface area (Å²) in [5.41, 5.74) is 0. The molecule has 3 N–H and O–H groups in total. The van der Waals surface area contributed by atoms with Gasteiger partial charge >= 0.3 is 0 Å². The normalized spacial score (nSPS) is 11.5. The van der Waals surface area contributed by atoms with Crippen molar-refractivity contribution in [1.82, 2.24) is 5.32 Å². The summed E-state index contributed by atoms with van der Waals surface area (Å²) in [5, 5.41) is 7.25. The van der Waals surface area contributed by atoms with Gasteiger partial charge in [-0.1, -0.05) is 13.8 Å². The molecule has 6 nitrogen and oxygen atoms in total. The highest BCUT2D eigenvalue weighted by Crippen LogP contribution is 2.24. The van der Waals surface area contributed by atoms with Crippen LogP contribution < -0.4 is 15.2 Å². The second-order valence-corrected chi connectivity index (χ2v) is 6.25. The number of hydrogen-bond acceptors (Lipinski definition) is 4. The zero-order valence-electron chi connectivity index (χ0n) is 11.5. The molecule has 0 fully saturated rings. The molecule has 0 unspecified atom stereocenters. The molecule has 0 heterocycles. The Morgan fingerprint density at radius 2 is 1.95 bits per heavy atom. The van der Waals surface area contributed by atoms with Crippen LogP contribution in [0, 0.1) is 17.6 Å². The minimum absolute atomic E-state index is 0.233. The molecular weight excluding hydrogens is 306 g/mol. The molecule has 118 valence electrons. The highest BCUT2D eigenvalue weighted by atomic mass is 32.2. The van der Waals surface area contributed by atoms with E-state index in [9.17, 15) is 22.0 Å². The first kappa shape index (κ1) is 17.3. The van der Waals surface area contributed by atoms with Gasteiger partial charge in [-0.15, -0.1) is 0 Å². The first-order valence-corrected chi connectivity index (χ1v) is 7.58. The molecule has 0 atom stereocenters. The molecule has 0 saturated heterocycles. The van der Waals surface area contributed by atoms with Gasteiger partial charge in [-0.25, -0.2) is 17.9 Å². The van der Waals surface area contributed by atoms with Gasteiger partial charge in [0.1, 0.15) is 4.90 Å². The molecule has 0 aliphatic carbocycles. The highest BCUT2D eigenvalue weighted by molar-refractivity contribution is 7.89. The maximum absolute atomic E-state index is 13.6. The van der Waals surface area contributed by atoms with Crippen molar-refractivity contribution in [3.8, 4) is 5.75 Å². The summed E-state index contributed by atoms with van der Waals surface area (Å²) in [6, 6.07) is 1.67. The molecule has 1 aromatic rings. The number of primary sulfonamides is 1. The van der Waals surface area contributed by atoms with Crippen LogP contribution in [0.15, 0.2) is 17.0 Å². The minimum atomic E-state index is -4.37. The van der Waals surface area contributed by atoms with E-state index in [1.54, 1.807) is 0 Å². The molecule has 0 bridgehead atoms. The van der Waals surface area contributed by atoms with Crippen LogP contribution in [0.5, 0.6) is 5.75 Å². The summed E-state index contributed by atoms with van der Waals surface area (Å²) in [7, 11) is -4.37. The van der Waals surface area contributed by atoms with Gasteiger partial charge in [0.05, 0.1) is 0 Å². The van der Waals surface area contributed by atoms with E-state index in [0.717, 1.165) is 12.1 Å². The van der Waals surface area contributed by atoms with E-state index in [2.05, 4.69) is 5.32 Å². The summed E-state index contributed by atoms with van der Waals surface area (Å²) in [6.07, 6.45) is 0. The van der Waals surface area contributed by atoms with Crippen molar-refractivity contribution >= 4 is 15.9 Å². The second-order valence-electron chi connectivity index (χ2n) is 4.72. The van der Waals surface area contributed by atoms with Crippen LogP contribution in [0.1, 0.15) is 13.8 Å². The molecule has 9 heteroatoms. The van der Waals surface area contributed by atoms with Gasteiger partial charge in [0.25, 0.3) is 5.91 Å². The van der Waals surface area contributed by atoms with E-state index >= 15 is 0 Å². The number of carbonyl (C=O) groups is 1. The van der Waals surface area contributed by atoms with Gasteiger partial charge in [0.2, 0.25) is 15.8 Å². The lowest BCUT2D eigenvalue weighted by molar-refractivity contribution is -0.123. The third kappa shape index (κ3) is 4.94. The monoisotopic (exact) mass is 322 g/mol. The first-order valence-electron chi connectivity index (χ1n) is 6.03. The zero-order chi connectivity index (χ0) is 16.2. The lowest BCUT2D eigenvalue weighted by Crippen LogP contribution is -2.31. The topological polar surface area (TPSA) is 98.5 Å². The summed E-state index contributed by atoms with van der Waals surface area (Å²) < 4.78 is 53.9. The van der Waals surface area contributed by atoms with Crippen molar-refractivity contribution < 1.29 is 26.7 Å². The number of rotatable bonds is 6. The summed E-state index contributed by atoms with van der Waals surface area (Å²) in [6.45, 7) is 3.69. The van der Waals surface area contributed by atoms with Crippen molar-refractivity contribution in [2.24, 2.45) is 11.1 Å². The van der Waals surface area contributed by atoms with E-state index in [1.165, 1.54) is 0 Å². The Morgan fingerprint density at radius 3 is 2.48 bits per heavy atom. The molecule has 0 saturated carbocycles. The maximum Gasteiger partial charge on any atom is 0.257 e. The highest BCUT2D eigenvalue weighted by Gasteiger charge is 2.21. The summed E-state index contributed by atoms with van der Waals surface area (Å²) in [5.74, 6) is -3.99. The molecule has 1 amide bonds. The van der Waals surface area contributed by atoms with E-state index in [-0.39, 0.29) is 5.92 Å². The van der Waals surface area contributed by atoms with Gasteiger partial charge in [-0.05, 0) is 18.1 Å². The number of ether oxygens (including phenoxy) is 1. The fourth-order valence-electron chi connectivity index (χ4n) is 1.36. The fourth-order valence-corrected chi connectivity index (χ4v) is 1.95. The molecule has 0 radical (unpaired) electrons. The van der Waals surface area contributed by atoms with E-state index in [4.69, 9.17) is 9.88 Å². The molecule has 1 rings (SSSR count). The number of carbonyl (C=O) groups excluding carboxylic acids is 1. The van der Waals surface area contributed by atoms with Crippen LogP contribution in [0.2, 0.25) is 0 Å². The Morgan fingerprint density at radius 1 is 1.33 bits per heavy atom. The number of nitrogens with one attached hydrogen (secondary N) is 1. The minimum Gasteiger partial charge on any atom is -0.481 e. The number of amides is 1. The number of benzene rings is 1. The van der Waals surface area contributed by atoms with Crippen molar-refractivity contribution in [3.63, 3.8) is 0 Å². The Bertz CT molecular complexity index is 632. The van der Waals surface area contributed by atoms with Gasteiger partial charge < -0.3 is 10.1 Å². The summed E-state index contributed by atoms with van der Waals surface area (Å²) in [4.78, 5) is 10.4. The van der Waals surface area contributed by atoms with E-state index < -0.39 is 44.8 Å². The van der Waals surface area contributed by atoms with Crippen LogP contribution in [0.25, 0.3) is 0 Å². The predicted molar refractivity (Wildman–Crippen MR) is 71.1 cm³/mol. The van der Waals surface area contributed by atoms with Crippen molar-refractivity contribution in [3.05, 3.63) is 23.8 Å². The average Bonchev–Trinajstić information content (AvgIpc) is 2.36. The standard InChI is InChI=1S/C12H16F2N2O4S/c1-7(2)5-16-10(17)6-20-8-3-4-9(21(15,18)19)12(14)11(8)13/h3-4,7H,5-6H2,1-2H3,(H,16,17)(H2,15,18,19). The Labute approximate surface area is 121 Å². The average molecular weight is 322 g/mol. The molecular formula is C12H16F2N2O4S. The molecule has 1 aromatic carbocycles. The molecule has 21 heavy (non-hydrogen) atoms. The van der Waals surface area contributed by atoms with E-state index in [1.807, 2.05) is 13.8 Å². The van der Waals surface area contributed by atoms with Gasteiger partial charge in [-0.3, -0.25) is 4.79 Å². The van der Waals surface area contributed by atoms with Crippen molar-refractivity contribution in [2.45, 2.75) is 18.7 Å². The van der Waals surface area contributed by atoms with E-state index in [0.29, 0.717) is 6.54 Å². The largest absolute Gasteiger partial charge is 0.481 e. The second kappa shape index (κ2) is 6.81. The smallest absolute Gasteiger partial charge is 0.257 e. The first-order chi connectivity index (χ1) is 9.62. The van der Waals surface area contributed by atoms with Crippen LogP contribution in [-0.4, -0.2) is 27.5 Å². The molecule has 0 aliphatic heterocycles. The lowest BCUT2D eigenvalue weighted by atomic mass is 10.2. The summed E-state index contributed by atoms with van der Waals surface area (Å²) >= 11 is 0. The third-order valence-corrected chi connectivity index (χ3v) is 3.31. The number of halogens is 2. The molecule has 0 spiro atoms. The lowest BCUT2D eigenvalue weighted by Gasteiger charge is -2.10. The third-order valence-electron chi connectivity index (χ3n) is 2.38. The van der Waals surface area contributed by atoms with Crippen molar-refractivity contribution in [2.75, 3.05) is 13.2 Å². The Hall–Kier alpha value is -1.74. The number of nitrogens with two attached hydrogens (primary N) is 1. The predicted octanol–water partition coefficient (Wildman–Crippen LogP) is 0.763. The molecule has 0 aliphatic rings. The number of sulfonamides is 1. The van der Waals surface area contributed by atoms with Crippen LogP contribution in [-0.2, 0) is 14.8 Å². The van der Waals surface area contributed by atoms with Crippen molar-refractivity contribution in [1.29, 1.82) is 0 Å². The van der Waals surface area contributed by atoms with Crippen LogP contribution in [0.4, 0.5) is 8.78 Å². The fraction of sp³-hybridized carbons (Fsp3) is 0.417. The Balaban J connectivity index is 2.78. The quantitative estimate of drug-likeness (QED) is 0.808. The SMILES string of the molecule is CC(C)CNC(=O)COc1ccc(S(N)(=O)=O)c(F)c1F. The van der Waals surface area contributed by atoms with Gasteiger partial charge in [0, 0.05) is 6.54 Å². The maximum atomic E-state index is 13.6. The zero-order valence-corrected chi connectivity index (χ0v) is 12.3. The number of hydrogen-bond donors (Lipinski definition) is 2. The van der Waals surface area contributed by atoms with Gasteiger partial charge in [-0.2, -0.15) is 4.39 Å². The molecule has 0 aromatic heterocycles. The Kier molecular flexibility index (Phi) is 5.62. The van der Waals surface area contributed by atoms with Gasteiger partial charge in [0.15, 0.2) is 18.2 Å². The van der Waals surface area contributed by atoms with Crippen LogP contribution in [0.3, 0.4) is 0 Å². The van der Waals surface area contributed by atoms with Crippen LogP contribution >= 0.6 is 0 Å².